The first kappa shape index (κ1) is 15.4. The fourth-order valence-corrected chi connectivity index (χ4v) is 2.28. The Kier molecular flexibility index (Phi) is 5.28. The molecular formula is C17H22FN3. The van der Waals surface area contributed by atoms with E-state index in [-0.39, 0.29) is 11.9 Å². The Morgan fingerprint density at radius 1 is 1.29 bits per heavy atom. The highest BCUT2D eigenvalue weighted by molar-refractivity contribution is 5.49. The van der Waals surface area contributed by atoms with Crippen LogP contribution in [0.5, 0.6) is 0 Å². The van der Waals surface area contributed by atoms with Crippen LogP contribution in [0.15, 0.2) is 42.7 Å². The average molecular weight is 287 g/mol. The number of nitrogens with two attached hydrogens (primary N) is 1. The predicted octanol–water partition coefficient (Wildman–Crippen LogP) is 3.14. The predicted molar refractivity (Wildman–Crippen MR) is 84.7 cm³/mol. The highest BCUT2D eigenvalue weighted by atomic mass is 19.1. The molecule has 1 aromatic heterocycles. The van der Waals surface area contributed by atoms with Crippen LogP contribution < -0.4 is 10.6 Å². The highest BCUT2D eigenvalue weighted by Gasteiger charge is 2.10. The molecule has 1 unspecified atom stereocenters. The molecule has 4 heteroatoms. The Bertz CT molecular complexity index is 572. The van der Waals surface area contributed by atoms with Crippen molar-refractivity contribution in [3.63, 3.8) is 0 Å². The Morgan fingerprint density at radius 2 is 2.10 bits per heavy atom. The number of aromatic nitrogens is 1. The van der Waals surface area contributed by atoms with Crippen molar-refractivity contribution in [3.8, 4) is 0 Å². The van der Waals surface area contributed by atoms with Gasteiger partial charge in [-0.3, -0.25) is 4.98 Å². The van der Waals surface area contributed by atoms with E-state index in [9.17, 15) is 4.39 Å². The van der Waals surface area contributed by atoms with Crippen molar-refractivity contribution >= 4 is 5.69 Å². The van der Waals surface area contributed by atoms with E-state index in [1.807, 2.05) is 43.1 Å². The first-order valence-electron chi connectivity index (χ1n) is 7.24. The minimum atomic E-state index is -0.206. The maximum absolute atomic E-state index is 14.3. The molecule has 2 N–H and O–H groups in total. The summed E-state index contributed by atoms with van der Waals surface area (Å²) in [6.07, 6.45) is 5.13. The Morgan fingerprint density at radius 3 is 2.71 bits per heavy atom. The van der Waals surface area contributed by atoms with Gasteiger partial charge in [-0.05, 0) is 42.2 Å². The number of hydrogen-bond acceptors (Lipinski definition) is 3. The first-order valence-corrected chi connectivity index (χ1v) is 7.24. The molecule has 2 rings (SSSR count). The first-order chi connectivity index (χ1) is 10.1. The summed E-state index contributed by atoms with van der Waals surface area (Å²) < 4.78 is 14.3. The number of hydrogen-bond donors (Lipinski definition) is 1. The second kappa shape index (κ2) is 7.18. The molecule has 2 aromatic rings. The van der Waals surface area contributed by atoms with Crippen LogP contribution in [0, 0.1) is 5.82 Å². The van der Waals surface area contributed by atoms with Crippen LogP contribution in [0.2, 0.25) is 0 Å². The van der Waals surface area contributed by atoms with Gasteiger partial charge in [0.15, 0.2) is 0 Å². The minimum Gasteiger partial charge on any atom is -0.368 e. The van der Waals surface area contributed by atoms with Gasteiger partial charge in [-0.2, -0.15) is 0 Å². The minimum absolute atomic E-state index is 0.0865. The summed E-state index contributed by atoms with van der Waals surface area (Å²) in [5.41, 5.74) is 8.50. The summed E-state index contributed by atoms with van der Waals surface area (Å²) in [4.78, 5) is 5.96. The number of pyridine rings is 1. The van der Waals surface area contributed by atoms with E-state index in [0.29, 0.717) is 18.7 Å². The second-order valence-corrected chi connectivity index (χ2v) is 5.38. The molecule has 1 atom stereocenters. The Labute approximate surface area is 125 Å². The summed E-state index contributed by atoms with van der Waals surface area (Å²) >= 11 is 0. The fourth-order valence-electron chi connectivity index (χ4n) is 2.28. The van der Waals surface area contributed by atoms with E-state index in [4.69, 9.17) is 5.73 Å². The van der Waals surface area contributed by atoms with Gasteiger partial charge in [0.25, 0.3) is 0 Å². The lowest BCUT2D eigenvalue weighted by atomic mass is 10.0. The second-order valence-electron chi connectivity index (χ2n) is 5.38. The summed E-state index contributed by atoms with van der Waals surface area (Å²) in [6, 6.07) is 9.32. The molecule has 0 amide bonds. The molecule has 0 saturated heterocycles. The zero-order chi connectivity index (χ0) is 15.2. The summed E-state index contributed by atoms with van der Waals surface area (Å²) in [7, 11) is 1.88. The lowest BCUT2D eigenvalue weighted by molar-refractivity contribution is 0.610. The van der Waals surface area contributed by atoms with E-state index in [1.165, 1.54) is 0 Å². The van der Waals surface area contributed by atoms with Gasteiger partial charge in [0.05, 0.1) is 5.69 Å². The van der Waals surface area contributed by atoms with E-state index < -0.39 is 0 Å². The number of halogens is 1. The van der Waals surface area contributed by atoms with Crippen molar-refractivity contribution in [2.24, 2.45) is 5.73 Å². The average Bonchev–Trinajstić information content (AvgIpc) is 2.48. The van der Waals surface area contributed by atoms with Gasteiger partial charge in [0.2, 0.25) is 0 Å². The van der Waals surface area contributed by atoms with Gasteiger partial charge < -0.3 is 10.6 Å². The summed E-state index contributed by atoms with van der Waals surface area (Å²) in [6.45, 7) is 2.66. The third kappa shape index (κ3) is 4.26. The molecule has 1 heterocycles. The molecule has 0 aliphatic heterocycles. The molecule has 112 valence electrons. The molecule has 0 bridgehead atoms. The van der Waals surface area contributed by atoms with Crippen LogP contribution in [0.25, 0.3) is 0 Å². The molecule has 0 fully saturated rings. The zero-order valence-electron chi connectivity index (χ0n) is 12.6. The smallest absolute Gasteiger partial charge is 0.146 e. The third-order valence-corrected chi connectivity index (χ3v) is 3.59. The van der Waals surface area contributed by atoms with E-state index in [2.05, 4.69) is 4.98 Å². The van der Waals surface area contributed by atoms with Crippen LogP contribution in [-0.4, -0.2) is 18.1 Å². The third-order valence-electron chi connectivity index (χ3n) is 3.59. The summed E-state index contributed by atoms with van der Waals surface area (Å²) in [5.74, 6) is -0.206. The van der Waals surface area contributed by atoms with Gasteiger partial charge in [0, 0.05) is 32.0 Å². The zero-order valence-corrected chi connectivity index (χ0v) is 12.6. The largest absolute Gasteiger partial charge is 0.368 e. The molecule has 0 aliphatic carbocycles. The van der Waals surface area contributed by atoms with Crippen molar-refractivity contribution in [3.05, 3.63) is 59.7 Å². The molecule has 0 saturated carbocycles. The normalized spacial score (nSPS) is 12.2. The Hall–Kier alpha value is -1.94. The molecule has 0 spiro atoms. The molecule has 3 nitrogen and oxygen atoms in total. The van der Waals surface area contributed by atoms with Gasteiger partial charge in [0.1, 0.15) is 5.82 Å². The van der Waals surface area contributed by atoms with Gasteiger partial charge in [-0.1, -0.05) is 19.1 Å². The van der Waals surface area contributed by atoms with E-state index in [0.717, 1.165) is 17.5 Å². The highest BCUT2D eigenvalue weighted by Crippen LogP contribution is 2.21. The van der Waals surface area contributed by atoms with Crippen LogP contribution >= 0.6 is 0 Å². The lowest BCUT2D eigenvalue weighted by Crippen LogP contribution is -2.22. The van der Waals surface area contributed by atoms with Crippen LogP contribution in [0.4, 0.5) is 10.1 Å². The van der Waals surface area contributed by atoms with Crippen molar-refractivity contribution in [2.75, 3.05) is 11.9 Å². The monoisotopic (exact) mass is 287 g/mol. The van der Waals surface area contributed by atoms with Gasteiger partial charge in [-0.15, -0.1) is 0 Å². The molecule has 21 heavy (non-hydrogen) atoms. The van der Waals surface area contributed by atoms with Crippen molar-refractivity contribution in [1.82, 2.24) is 4.98 Å². The van der Waals surface area contributed by atoms with Gasteiger partial charge in [-0.25, -0.2) is 4.39 Å². The fraction of sp³-hybridized carbons (Fsp3) is 0.353. The standard InChI is InChI=1S/C17H22FN3/c1-3-15(19)9-13-6-7-17(16(18)10-13)21(2)12-14-5-4-8-20-11-14/h4-8,10-11,15H,3,9,12,19H2,1-2H3. The number of rotatable bonds is 6. The lowest BCUT2D eigenvalue weighted by Gasteiger charge is -2.20. The van der Waals surface area contributed by atoms with E-state index in [1.54, 1.807) is 18.5 Å². The van der Waals surface area contributed by atoms with Crippen molar-refractivity contribution in [1.29, 1.82) is 0 Å². The van der Waals surface area contributed by atoms with Crippen molar-refractivity contribution < 1.29 is 4.39 Å². The number of anilines is 1. The van der Waals surface area contributed by atoms with Crippen LogP contribution in [0.3, 0.4) is 0 Å². The van der Waals surface area contributed by atoms with E-state index >= 15 is 0 Å². The Balaban J connectivity index is 2.09. The van der Waals surface area contributed by atoms with Crippen LogP contribution in [-0.2, 0) is 13.0 Å². The number of benzene rings is 1. The molecule has 1 aromatic carbocycles. The molecule has 0 radical (unpaired) electrons. The van der Waals surface area contributed by atoms with Crippen molar-refractivity contribution in [2.45, 2.75) is 32.4 Å². The topological polar surface area (TPSA) is 42.1 Å². The molecular weight excluding hydrogens is 265 g/mol. The summed E-state index contributed by atoms with van der Waals surface area (Å²) in [5, 5.41) is 0. The van der Waals surface area contributed by atoms with Crippen LogP contribution in [0.1, 0.15) is 24.5 Å². The number of nitrogens with zero attached hydrogens (tertiary/aromatic N) is 2. The quantitative estimate of drug-likeness (QED) is 0.887. The molecule has 0 aliphatic rings. The maximum Gasteiger partial charge on any atom is 0.146 e. The maximum atomic E-state index is 14.3. The SMILES string of the molecule is CCC(N)Cc1ccc(N(C)Cc2cccnc2)c(F)c1. The van der Waals surface area contributed by atoms with Gasteiger partial charge >= 0.3 is 0 Å².